The number of anilines is 1. The van der Waals surface area contributed by atoms with Crippen molar-refractivity contribution in [2.45, 2.75) is 6.18 Å². The van der Waals surface area contributed by atoms with Crippen molar-refractivity contribution < 1.29 is 13.2 Å². The van der Waals surface area contributed by atoms with Crippen LogP contribution in [0.5, 0.6) is 0 Å². The lowest BCUT2D eigenvalue weighted by molar-refractivity contribution is -0.137. The number of alkyl halides is 3. The Balaban J connectivity index is 2.28. The number of rotatable bonds is 1. The summed E-state index contributed by atoms with van der Waals surface area (Å²) in [6.45, 7) is 1.27. The zero-order valence-corrected chi connectivity index (χ0v) is 8.46. The monoisotopic (exact) mass is 228 g/mol. The van der Waals surface area contributed by atoms with Crippen LogP contribution < -0.4 is 10.2 Å². The van der Waals surface area contributed by atoms with Crippen LogP contribution in [-0.2, 0) is 6.18 Å². The van der Waals surface area contributed by atoms with Crippen molar-refractivity contribution in [3.8, 4) is 0 Å². The van der Waals surface area contributed by atoms with E-state index in [0.29, 0.717) is 12.4 Å². The SMILES string of the molecule is FC(F)(F)c1cccc(N2C=CCNC2)c1. The molecule has 0 atom stereocenters. The van der Waals surface area contributed by atoms with Crippen molar-refractivity contribution in [2.75, 3.05) is 18.1 Å². The van der Waals surface area contributed by atoms with Gasteiger partial charge in [0.15, 0.2) is 0 Å². The highest BCUT2D eigenvalue weighted by atomic mass is 19.4. The summed E-state index contributed by atoms with van der Waals surface area (Å²) in [7, 11) is 0. The summed E-state index contributed by atoms with van der Waals surface area (Å²) in [5, 5.41) is 3.05. The molecule has 0 saturated heterocycles. The Morgan fingerprint density at radius 1 is 1.25 bits per heavy atom. The zero-order chi connectivity index (χ0) is 11.6. The van der Waals surface area contributed by atoms with E-state index in [4.69, 9.17) is 0 Å². The molecule has 1 N–H and O–H groups in total. The summed E-state index contributed by atoms with van der Waals surface area (Å²) in [6, 6.07) is 5.30. The Morgan fingerprint density at radius 2 is 2.06 bits per heavy atom. The van der Waals surface area contributed by atoms with Crippen molar-refractivity contribution in [3.05, 3.63) is 42.1 Å². The molecule has 1 aromatic rings. The van der Waals surface area contributed by atoms with Gasteiger partial charge in [0.25, 0.3) is 0 Å². The molecular formula is C11H11F3N2. The molecule has 0 amide bonds. The van der Waals surface area contributed by atoms with E-state index in [1.165, 1.54) is 6.07 Å². The summed E-state index contributed by atoms with van der Waals surface area (Å²) in [5.74, 6) is 0. The van der Waals surface area contributed by atoms with E-state index in [0.717, 1.165) is 18.7 Å². The van der Waals surface area contributed by atoms with Crippen LogP contribution >= 0.6 is 0 Å². The van der Waals surface area contributed by atoms with E-state index in [2.05, 4.69) is 5.32 Å². The molecule has 16 heavy (non-hydrogen) atoms. The zero-order valence-electron chi connectivity index (χ0n) is 8.46. The maximum Gasteiger partial charge on any atom is 0.416 e. The molecule has 0 radical (unpaired) electrons. The van der Waals surface area contributed by atoms with Crippen LogP contribution in [0.4, 0.5) is 18.9 Å². The third kappa shape index (κ3) is 2.36. The van der Waals surface area contributed by atoms with Crippen molar-refractivity contribution in [1.29, 1.82) is 0 Å². The molecule has 0 aromatic heterocycles. The molecule has 0 aliphatic carbocycles. The quantitative estimate of drug-likeness (QED) is 0.794. The average molecular weight is 228 g/mol. The summed E-state index contributed by atoms with van der Waals surface area (Å²) >= 11 is 0. The molecule has 1 aliphatic heterocycles. The van der Waals surface area contributed by atoms with E-state index in [1.807, 2.05) is 6.08 Å². The summed E-state index contributed by atoms with van der Waals surface area (Å²) in [6.07, 6.45) is -0.640. The van der Waals surface area contributed by atoms with Crippen molar-refractivity contribution in [1.82, 2.24) is 5.32 Å². The third-order valence-corrected chi connectivity index (χ3v) is 2.33. The molecule has 0 bridgehead atoms. The van der Waals surface area contributed by atoms with Gasteiger partial charge in [0, 0.05) is 18.4 Å². The topological polar surface area (TPSA) is 15.3 Å². The largest absolute Gasteiger partial charge is 0.416 e. The normalized spacial score (nSPS) is 16.6. The van der Waals surface area contributed by atoms with Crippen LogP contribution in [-0.4, -0.2) is 13.2 Å². The van der Waals surface area contributed by atoms with Crippen LogP contribution in [0.2, 0.25) is 0 Å². The van der Waals surface area contributed by atoms with Gasteiger partial charge >= 0.3 is 6.18 Å². The minimum absolute atomic E-state index is 0.526. The number of halogens is 3. The Morgan fingerprint density at radius 3 is 2.69 bits per heavy atom. The molecule has 1 aliphatic rings. The molecule has 2 nitrogen and oxygen atoms in total. The second kappa shape index (κ2) is 4.17. The molecule has 0 fully saturated rings. The van der Waals surface area contributed by atoms with Gasteiger partial charge in [-0.05, 0) is 18.2 Å². The van der Waals surface area contributed by atoms with Gasteiger partial charge in [0.05, 0.1) is 12.2 Å². The van der Waals surface area contributed by atoms with Crippen molar-refractivity contribution in [3.63, 3.8) is 0 Å². The molecule has 0 spiro atoms. The fraction of sp³-hybridized carbons (Fsp3) is 0.273. The molecule has 1 aromatic carbocycles. The Labute approximate surface area is 91.4 Å². The second-order valence-electron chi connectivity index (χ2n) is 3.51. The van der Waals surface area contributed by atoms with Gasteiger partial charge in [-0.25, -0.2) is 0 Å². The van der Waals surface area contributed by atoms with Crippen LogP contribution in [0, 0.1) is 0 Å². The third-order valence-electron chi connectivity index (χ3n) is 2.33. The lowest BCUT2D eigenvalue weighted by Crippen LogP contribution is -2.34. The first-order valence-electron chi connectivity index (χ1n) is 4.89. The van der Waals surface area contributed by atoms with Gasteiger partial charge in [-0.3, -0.25) is 5.32 Å². The molecule has 86 valence electrons. The highest BCUT2D eigenvalue weighted by molar-refractivity contribution is 5.52. The summed E-state index contributed by atoms with van der Waals surface area (Å²) < 4.78 is 37.4. The Hall–Kier alpha value is -1.49. The number of nitrogens with one attached hydrogen (secondary N) is 1. The van der Waals surface area contributed by atoms with E-state index in [1.54, 1.807) is 17.2 Å². The summed E-state index contributed by atoms with van der Waals surface area (Å²) in [4.78, 5) is 1.73. The van der Waals surface area contributed by atoms with E-state index >= 15 is 0 Å². The number of hydrogen-bond acceptors (Lipinski definition) is 2. The fourth-order valence-corrected chi connectivity index (χ4v) is 1.54. The first-order chi connectivity index (χ1) is 7.57. The summed E-state index contributed by atoms with van der Waals surface area (Å²) in [5.41, 5.74) is -0.0813. The highest BCUT2D eigenvalue weighted by Crippen LogP contribution is 2.31. The first kappa shape index (κ1) is 11.0. The van der Waals surface area contributed by atoms with Crippen molar-refractivity contribution in [2.24, 2.45) is 0 Å². The van der Waals surface area contributed by atoms with Gasteiger partial charge in [0.1, 0.15) is 0 Å². The number of benzene rings is 1. The molecule has 0 unspecified atom stereocenters. The molecule has 5 heteroatoms. The maximum atomic E-state index is 12.5. The minimum atomic E-state index is -4.29. The molecule has 2 rings (SSSR count). The van der Waals surface area contributed by atoms with E-state index in [-0.39, 0.29) is 0 Å². The number of nitrogens with zero attached hydrogens (tertiary/aromatic N) is 1. The van der Waals surface area contributed by atoms with Crippen molar-refractivity contribution >= 4 is 5.69 Å². The van der Waals surface area contributed by atoms with Gasteiger partial charge < -0.3 is 4.90 Å². The Kier molecular flexibility index (Phi) is 2.87. The maximum absolute atomic E-state index is 12.5. The smallest absolute Gasteiger partial charge is 0.335 e. The van der Waals surface area contributed by atoms with Crippen LogP contribution in [0.3, 0.4) is 0 Å². The second-order valence-corrected chi connectivity index (χ2v) is 3.51. The lowest BCUT2D eigenvalue weighted by Gasteiger charge is -2.24. The van der Waals surface area contributed by atoms with E-state index < -0.39 is 11.7 Å². The first-order valence-corrected chi connectivity index (χ1v) is 4.89. The van der Waals surface area contributed by atoms with Gasteiger partial charge in [-0.15, -0.1) is 0 Å². The van der Waals surface area contributed by atoms with Crippen LogP contribution in [0.1, 0.15) is 5.56 Å². The number of hydrogen-bond donors (Lipinski definition) is 1. The Bertz CT molecular complexity index is 398. The lowest BCUT2D eigenvalue weighted by atomic mass is 10.2. The van der Waals surface area contributed by atoms with Crippen LogP contribution in [0.15, 0.2) is 36.5 Å². The average Bonchev–Trinajstić information content (AvgIpc) is 2.29. The van der Waals surface area contributed by atoms with E-state index in [9.17, 15) is 13.2 Å². The van der Waals surface area contributed by atoms with Crippen LogP contribution in [0.25, 0.3) is 0 Å². The standard InChI is InChI=1S/C11H11F3N2/c12-11(13,14)9-3-1-4-10(7-9)16-6-2-5-15-8-16/h1-4,6-7,15H,5,8H2. The predicted molar refractivity (Wildman–Crippen MR) is 55.9 cm³/mol. The molecule has 0 saturated carbocycles. The highest BCUT2D eigenvalue weighted by Gasteiger charge is 2.30. The molecular weight excluding hydrogens is 217 g/mol. The molecule has 1 heterocycles. The predicted octanol–water partition coefficient (Wildman–Crippen LogP) is 2.59. The fourth-order valence-electron chi connectivity index (χ4n) is 1.54. The van der Waals surface area contributed by atoms with Gasteiger partial charge in [-0.1, -0.05) is 12.1 Å². The van der Waals surface area contributed by atoms with Gasteiger partial charge in [-0.2, -0.15) is 13.2 Å². The minimum Gasteiger partial charge on any atom is -0.335 e. The van der Waals surface area contributed by atoms with Gasteiger partial charge in [0.2, 0.25) is 0 Å².